The molecule has 0 radical (unpaired) electrons. The summed E-state index contributed by atoms with van der Waals surface area (Å²) in [6, 6.07) is 10.6. The van der Waals surface area contributed by atoms with Crippen LogP contribution in [0.5, 0.6) is 0 Å². The minimum Gasteiger partial charge on any atom is -0.319 e. The second-order valence-electron chi connectivity index (χ2n) is 6.81. The van der Waals surface area contributed by atoms with E-state index in [1.807, 2.05) is 39.3 Å². The quantitative estimate of drug-likeness (QED) is 0.347. The first kappa shape index (κ1) is 21.7. The van der Waals surface area contributed by atoms with Crippen LogP contribution >= 0.6 is 27.3 Å². The molecule has 0 fully saturated rings. The van der Waals surface area contributed by atoms with Crippen molar-refractivity contribution >= 4 is 48.3 Å². The van der Waals surface area contributed by atoms with E-state index in [4.69, 9.17) is 0 Å². The smallest absolute Gasteiger partial charge is 0.266 e. The molecule has 1 aromatic carbocycles. The first-order valence-corrected chi connectivity index (χ1v) is 11.5. The average Bonchev–Trinajstić information content (AvgIpc) is 3.22. The Morgan fingerprint density at radius 3 is 2.55 bits per heavy atom. The molecule has 4 aromatic rings. The zero-order valence-electron chi connectivity index (χ0n) is 17.4. The maximum Gasteiger partial charge on any atom is 0.266 e. The number of hydrogen-bond donors (Lipinski definition) is 2. The van der Waals surface area contributed by atoms with Gasteiger partial charge in [0, 0.05) is 22.9 Å². The molecule has 6 heteroatoms. The van der Waals surface area contributed by atoms with E-state index < -0.39 is 0 Å². The summed E-state index contributed by atoms with van der Waals surface area (Å²) in [5.41, 5.74) is 4.95. The summed E-state index contributed by atoms with van der Waals surface area (Å²) in [5.74, 6) is 0.445. The number of pyridine rings is 2. The predicted octanol–water partition coefficient (Wildman–Crippen LogP) is 6.22. The number of H-pyrrole nitrogens is 1. The number of benzene rings is 1. The molecule has 4 rings (SSSR count). The first-order valence-electron chi connectivity index (χ1n) is 9.85. The average molecular weight is 472 g/mol. The summed E-state index contributed by atoms with van der Waals surface area (Å²) in [4.78, 5) is 20.1. The standard InChI is InChI=1S/C21H20BrN3OS.C2H6/c1-11(10-23-3)13-4-6-14(7-5-13)16-17-15-8-9-27-19(15)21(26)25-18(17)12(2)24-20(16)22;1-2/h4-9,11,23H,10H2,1-3H3,(H,25,26);1-2H3. The molecular formula is C23H26BrN3OS. The van der Waals surface area contributed by atoms with Gasteiger partial charge in [0.25, 0.3) is 5.56 Å². The summed E-state index contributed by atoms with van der Waals surface area (Å²) in [6.45, 7) is 9.08. The molecule has 0 saturated heterocycles. The van der Waals surface area contributed by atoms with Crippen molar-refractivity contribution < 1.29 is 0 Å². The van der Waals surface area contributed by atoms with Crippen LogP contribution in [0.25, 0.3) is 32.1 Å². The van der Waals surface area contributed by atoms with Crippen LogP contribution in [0.15, 0.2) is 45.1 Å². The molecule has 0 aliphatic heterocycles. The number of nitrogens with one attached hydrogen (secondary N) is 2. The Bertz CT molecular complexity index is 1190. The van der Waals surface area contributed by atoms with Crippen molar-refractivity contribution in [2.75, 3.05) is 13.6 Å². The Morgan fingerprint density at radius 1 is 1.21 bits per heavy atom. The van der Waals surface area contributed by atoms with Gasteiger partial charge in [0.2, 0.25) is 0 Å². The summed E-state index contributed by atoms with van der Waals surface area (Å²) < 4.78 is 1.54. The fourth-order valence-electron chi connectivity index (χ4n) is 3.61. The highest BCUT2D eigenvalue weighted by Gasteiger charge is 2.18. The van der Waals surface area contributed by atoms with Gasteiger partial charge in [-0.05, 0) is 58.4 Å². The molecule has 1 unspecified atom stereocenters. The van der Waals surface area contributed by atoms with Gasteiger partial charge < -0.3 is 10.3 Å². The minimum atomic E-state index is -0.0538. The van der Waals surface area contributed by atoms with Gasteiger partial charge in [0.05, 0.1) is 11.2 Å². The van der Waals surface area contributed by atoms with Gasteiger partial charge in [-0.3, -0.25) is 4.79 Å². The maximum atomic E-state index is 12.4. The molecule has 0 spiro atoms. The van der Waals surface area contributed by atoms with E-state index in [-0.39, 0.29) is 5.56 Å². The van der Waals surface area contributed by atoms with Crippen LogP contribution in [-0.2, 0) is 0 Å². The second-order valence-corrected chi connectivity index (χ2v) is 8.48. The molecule has 29 heavy (non-hydrogen) atoms. The molecule has 4 nitrogen and oxygen atoms in total. The first-order chi connectivity index (χ1) is 14.0. The lowest BCUT2D eigenvalue weighted by molar-refractivity contribution is 0.678. The number of fused-ring (bicyclic) bond motifs is 3. The molecule has 0 saturated carbocycles. The topological polar surface area (TPSA) is 57.8 Å². The molecule has 152 valence electrons. The third kappa shape index (κ3) is 4.02. The number of halogens is 1. The van der Waals surface area contributed by atoms with Gasteiger partial charge in [-0.2, -0.15) is 0 Å². The molecule has 1 atom stereocenters. The molecule has 0 bridgehead atoms. The fraction of sp³-hybridized carbons (Fsp3) is 0.304. The molecule has 2 N–H and O–H groups in total. The third-order valence-electron chi connectivity index (χ3n) is 4.99. The predicted molar refractivity (Wildman–Crippen MR) is 129 cm³/mol. The number of hydrogen-bond acceptors (Lipinski definition) is 4. The van der Waals surface area contributed by atoms with Gasteiger partial charge in [-0.1, -0.05) is 45.0 Å². The van der Waals surface area contributed by atoms with Crippen LogP contribution in [-0.4, -0.2) is 23.6 Å². The Morgan fingerprint density at radius 2 is 1.90 bits per heavy atom. The van der Waals surface area contributed by atoms with Crippen molar-refractivity contribution in [3.63, 3.8) is 0 Å². The third-order valence-corrected chi connectivity index (χ3v) is 6.48. The normalized spacial score (nSPS) is 12.1. The summed E-state index contributed by atoms with van der Waals surface area (Å²) in [6.07, 6.45) is 0. The molecular weight excluding hydrogens is 446 g/mol. The van der Waals surface area contributed by atoms with Crippen molar-refractivity contribution in [3.8, 4) is 11.1 Å². The van der Waals surface area contributed by atoms with Crippen molar-refractivity contribution in [1.82, 2.24) is 15.3 Å². The Balaban J connectivity index is 0.00000117. The minimum absolute atomic E-state index is 0.0538. The van der Waals surface area contributed by atoms with E-state index in [0.717, 1.165) is 49.0 Å². The Kier molecular flexibility index (Phi) is 6.88. The lowest BCUT2D eigenvalue weighted by atomic mass is 9.95. The highest BCUT2D eigenvalue weighted by molar-refractivity contribution is 9.10. The van der Waals surface area contributed by atoms with Gasteiger partial charge in [0.1, 0.15) is 9.30 Å². The van der Waals surface area contributed by atoms with Gasteiger partial charge in [-0.25, -0.2) is 4.98 Å². The Hall–Kier alpha value is -2.02. The summed E-state index contributed by atoms with van der Waals surface area (Å²) in [7, 11) is 1.97. The van der Waals surface area contributed by atoms with Crippen LogP contribution in [0.1, 0.15) is 37.9 Å². The number of aromatic amines is 1. The molecule has 0 amide bonds. The number of aromatic nitrogens is 2. The van der Waals surface area contributed by atoms with E-state index in [1.165, 1.54) is 16.9 Å². The van der Waals surface area contributed by atoms with Crippen LogP contribution < -0.4 is 10.9 Å². The van der Waals surface area contributed by atoms with E-state index in [0.29, 0.717) is 5.92 Å². The fourth-order valence-corrected chi connectivity index (χ4v) is 5.10. The second kappa shape index (κ2) is 9.20. The van der Waals surface area contributed by atoms with Crippen molar-refractivity contribution in [3.05, 3.63) is 61.9 Å². The van der Waals surface area contributed by atoms with Crippen molar-refractivity contribution in [1.29, 1.82) is 0 Å². The summed E-state index contributed by atoms with van der Waals surface area (Å²) in [5, 5.41) is 7.21. The number of nitrogens with zero attached hydrogens (tertiary/aromatic N) is 1. The van der Waals surface area contributed by atoms with Crippen LogP contribution in [0.4, 0.5) is 0 Å². The van der Waals surface area contributed by atoms with Gasteiger partial charge in [0.15, 0.2) is 0 Å². The monoisotopic (exact) mass is 471 g/mol. The molecule has 0 aliphatic rings. The van der Waals surface area contributed by atoms with E-state index in [2.05, 4.69) is 62.4 Å². The van der Waals surface area contributed by atoms with Crippen LogP contribution in [0, 0.1) is 6.92 Å². The lowest BCUT2D eigenvalue weighted by Gasteiger charge is -2.15. The summed E-state index contributed by atoms with van der Waals surface area (Å²) >= 11 is 5.13. The number of thiophene rings is 1. The van der Waals surface area contributed by atoms with Crippen molar-refractivity contribution in [2.24, 2.45) is 0 Å². The SMILES string of the molecule is CC.CNCC(C)c1ccc(-c2c(Br)nc(C)c3[nH]c(=O)c4sccc4c23)cc1. The van der Waals surface area contributed by atoms with Crippen molar-refractivity contribution in [2.45, 2.75) is 33.6 Å². The van der Waals surface area contributed by atoms with E-state index in [9.17, 15) is 4.79 Å². The molecule has 0 aliphatic carbocycles. The zero-order valence-corrected chi connectivity index (χ0v) is 19.8. The van der Waals surface area contributed by atoms with Gasteiger partial charge in [-0.15, -0.1) is 11.3 Å². The zero-order chi connectivity index (χ0) is 21.1. The van der Waals surface area contributed by atoms with E-state index in [1.54, 1.807) is 0 Å². The Labute approximate surface area is 183 Å². The lowest BCUT2D eigenvalue weighted by Crippen LogP contribution is -2.14. The van der Waals surface area contributed by atoms with E-state index >= 15 is 0 Å². The number of rotatable bonds is 4. The highest BCUT2D eigenvalue weighted by Crippen LogP contribution is 2.39. The van der Waals surface area contributed by atoms with Crippen LogP contribution in [0.3, 0.4) is 0 Å². The maximum absolute atomic E-state index is 12.4. The number of aryl methyl sites for hydroxylation is 1. The van der Waals surface area contributed by atoms with Gasteiger partial charge >= 0.3 is 0 Å². The largest absolute Gasteiger partial charge is 0.319 e. The van der Waals surface area contributed by atoms with Crippen LogP contribution in [0.2, 0.25) is 0 Å². The molecule has 3 aromatic heterocycles. The molecule has 3 heterocycles. The highest BCUT2D eigenvalue weighted by atomic mass is 79.9. The number of likely N-dealkylation sites (N-methyl/N-ethyl adjacent to an activating group) is 1.